The van der Waals surface area contributed by atoms with Crippen LogP contribution in [0, 0.1) is 0 Å². The molecule has 1 amide bonds. The van der Waals surface area contributed by atoms with Crippen LogP contribution >= 0.6 is 0 Å². The maximum Gasteiger partial charge on any atom is 0.326 e. The Morgan fingerprint density at radius 3 is 1.67 bits per heavy atom. The summed E-state index contributed by atoms with van der Waals surface area (Å²) in [5.74, 6) is -1.31. The van der Waals surface area contributed by atoms with Crippen molar-refractivity contribution in [3.8, 4) is 0 Å². The third kappa shape index (κ3) is 37.1. The van der Waals surface area contributed by atoms with Crippen LogP contribution in [0.15, 0.2) is 72.9 Å². The Labute approximate surface area is 331 Å². The largest absolute Gasteiger partial charge is 0.480 e. The summed E-state index contributed by atoms with van der Waals surface area (Å²) >= 11 is 0. The number of hydrogen-bond donors (Lipinski definition) is 3. The van der Waals surface area contributed by atoms with E-state index in [9.17, 15) is 19.5 Å². The number of ether oxygens (including phenoxy) is 1. The molecular formula is C47H80N2O5. The van der Waals surface area contributed by atoms with E-state index in [1.54, 1.807) is 0 Å². The molecule has 2 atom stereocenters. The van der Waals surface area contributed by atoms with E-state index in [0.29, 0.717) is 32.2 Å². The number of esters is 1. The molecular weight excluding hydrogens is 673 g/mol. The topological polar surface area (TPSA) is 119 Å². The first-order valence-corrected chi connectivity index (χ1v) is 21.8. The van der Waals surface area contributed by atoms with Gasteiger partial charge in [0.25, 0.3) is 0 Å². The summed E-state index contributed by atoms with van der Waals surface area (Å²) in [7, 11) is 0. The maximum atomic E-state index is 12.7. The fraction of sp³-hybridized carbons (Fsp3) is 0.681. The molecule has 0 rings (SSSR count). The third-order valence-corrected chi connectivity index (χ3v) is 9.24. The van der Waals surface area contributed by atoms with Crippen molar-refractivity contribution >= 4 is 17.8 Å². The smallest absolute Gasteiger partial charge is 0.326 e. The Bertz CT molecular complexity index is 1070. The minimum atomic E-state index is -1.01. The second-order valence-electron chi connectivity index (χ2n) is 14.4. The van der Waals surface area contributed by atoms with Crippen molar-refractivity contribution in [1.29, 1.82) is 0 Å². The summed E-state index contributed by atoms with van der Waals surface area (Å²) in [6.45, 7) is 4.80. The third-order valence-electron chi connectivity index (χ3n) is 9.24. The van der Waals surface area contributed by atoms with Crippen LogP contribution < -0.4 is 11.1 Å². The lowest BCUT2D eigenvalue weighted by Gasteiger charge is -2.15. The molecule has 0 aliphatic rings. The molecule has 0 aromatic heterocycles. The Balaban J connectivity index is 4.31. The highest BCUT2D eigenvalue weighted by Crippen LogP contribution is 2.15. The van der Waals surface area contributed by atoms with Crippen molar-refractivity contribution in [2.24, 2.45) is 5.73 Å². The SMILES string of the molecule is CC/C=C\C/C=C\C/C=C\C/C=C\C/C=C\CCCCCC(=O)OC(/C=C\CCCCCCCC)CCCCCCCCC(=O)NC(CCCN)C(=O)O. The Morgan fingerprint density at radius 1 is 0.574 bits per heavy atom. The molecule has 2 unspecified atom stereocenters. The predicted molar refractivity (Wildman–Crippen MR) is 229 cm³/mol. The van der Waals surface area contributed by atoms with E-state index >= 15 is 0 Å². The number of amides is 1. The number of carbonyl (C=O) groups is 3. The molecule has 4 N–H and O–H groups in total. The molecule has 0 aromatic carbocycles. The molecule has 0 heterocycles. The predicted octanol–water partition coefficient (Wildman–Crippen LogP) is 12.3. The van der Waals surface area contributed by atoms with Crippen LogP contribution in [-0.4, -0.2) is 41.6 Å². The number of unbranched alkanes of at least 4 members (excludes halogenated alkanes) is 14. The number of nitrogens with two attached hydrogens (primary N) is 1. The zero-order valence-corrected chi connectivity index (χ0v) is 34.5. The van der Waals surface area contributed by atoms with Crippen molar-refractivity contribution < 1.29 is 24.2 Å². The normalized spacial score (nSPS) is 13.4. The zero-order valence-electron chi connectivity index (χ0n) is 34.5. The highest BCUT2D eigenvalue weighted by Gasteiger charge is 2.18. The fourth-order valence-electron chi connectivity index (χ4n) is 5.97. The van der Waals surface area contributed by atoms with Gasteiger partial charge < -0.3 is 20.9 Å². The van der Waals surface area contributed by atoms with Crippen molar-refractivity contribution in [2.45, 2.75) is 199 Å². The van der Waals surface area contributed by atoms with Gasteiger partial charge in [0, 0.05) is 12.8 Å². The van der Waals surface area contributed by atoms with Gasteiger partial charge in [0.15, 0.2) is 0 Å². The van der Waals surface area contributed by atoms with Gasteiger partial charge in [0.05, 0.1) is 0 Å². The van der Waals surface area contributed by atoms with Gasteiger partial charge in [0.1, 0.15) is 12.1 Å². The summed E-state index contributed by atoms with van der Waals surface area (Å²) in [5.41, 5.74) is 5.47. The van der Waals surface area contributed by atoms with Crippen molar-refractivity contribution in [3.05, 3.63) is 72.9 Å². The van der Waals surface area contributed by atoms with Crippen LogP contribution in [0.25, 0.3) is 0 Å². The molecule has 308 valence electrons. The molecule has 0 saturated carbocycles. The van der Waals surface area contributed by atoms with E-state index in [1.807, 2.05) is 0 Å². The minimum Gasteiger partial charge on any atom is -0.480 e. The van der Waals surface area contributed by atoms with E-state index in [4.69, 9.17) is 10.5 Å². The summed E-state index contributed by atoms with van der Waals surface area (Å²) in [5, 5.41) is 11.9. The summed E-state index contributed by atoms with van der Waals surface area (Å²) < 4.78 is 5.94. The van der Waals surface area contributed by atoms with Crippen LogP contribution in [0.4, 0.5) is 0 Å². The first kappa shape index (κ1) is 50.8. The highest BCUT2D eigenvalue weighted by molar-refractivity contribution is 5.83. The van der Waals surface area contributed by atoms with Crippen LogP contribution in [0.1, 0.15) is 187 Å². The number of allylic oxidation sites excluding steroid dienone is 11. The van der Waals surface area contributed by atoms with Gasteiger partial charge in [-0.1, -0.05) is 145 Å². The molecule has 0 spiro atoms. The summed E-state index contributed by atoms with van der Waals surface area (Å²) in [6, 6.07) is -0.858. The maximum absolute atomic E-state index is 12.7. The second kappa shape index (κ2) is 41.0. The van der Waals surface area contributed by atoms with Crippen molar-refractivity contribution in [2.75, 3.05) is 6.54 Å². The van der Waals surface area contributed by atoms with E-state index < -0.39 is 12.0 Å². The lowest BCUT2D eigenvalue weighted by Crippen LogP contribution is -2.40. The molecule has 7 heteroatoms. The number of carbonyl (C=O) groups excluding carboxylic acids is 2. The van der Waals surface area contributed by atoms with Gasteiger partial charge in [-0.2, -0.15) is 0 Å². The first-order valence-electron chi connectivity index (χ1n) is 21.8. The van der Waals surface area contributed by atoms with Gasteiger partial charge in [0.2, 0.25) is 5.91 Å². The number of hydrogen-bond acceptors (Lipinski definition) is 5. The number of rotatable bonds is 38. The van der Waals surface area contributed by atoms with Crippen LogP contribution in [0.3, 0.4) is 0 Å². The Morgan fingerprint density at radius 2 is 1.07 bits per heavy atom. The lowest BCUT2D eigenvalue weighted by molar-refractivity contribution is -0.147. The minimum absolute atomic E-state index is 0.0921. The summed E-state index contributed by atoms with van der Waals surface area (Å²) in [4.78, 5) is 36.2. The van der Waals surface area contributed by atoms with Gasteiger partial charge in [-0.15, -0.1) is 0 Å². The molecule has 0 radical (unpaired) electrons. The zero-order chi connectivity index (χ0) is 39.6. The van der Waals surface area contributed by atoms with Crippen molar-refractivity contribution in [3.63, 3.8) is 0 Å². The standard InChI is InChI=1S/C47H80N2O5/c1-3-5-7-9-11-13-14-15-16-17-18-19-20-21-22-23-25-31-35-41-46(51)54-43(37-32-28-24-12-10-8-6-4-2)38-33-29-26-27-30-34-40-45(50)49-44(47(52)53)39-36-42-48/h5,7,11,13,15-16,18-19,21-22,32,37,43-44H,3-4,6,8-10,12,14,17,20,23-31,33-36,38-42,48H2,1-2H3,(H,49,50)(H,52,53)/b7-5-,13-11-,16-15-,19-18-,22-21-,37-32-. The molecule has 0 aliphatic carbocycles. The van der Waals surface area contributed by atoms with Gasteiger partial charge in [-0.05, 0) is 109 Å². The number of carboxylic acid groups (broad SMARTS) is 1. The molecule has 7 nitrogen and oxygen atoms in total. The van der Waals surface area contributed by atoms with E-state index in [1.165, 1.54) is 38.5 Å². The lowest BCUT2D eigenvalue weighted by atomic mass is 10.0. The van der Waals surface area contributed by atoms with Gasteiger partial charge in [-0.25, -0.2) is 4.79 Å². The fourth-order valence-corrected chi connectivity index (χ4v) is 5.97. The average molecular weight is 753 g/mol. The van der Waals surface area contributed by atoms with Gasteiger partial charge >= 0.3 is 11.9 Å². The van der Waals surface area contributed by atoms with E-state index in [0.717, 1.165) is 109 Å². The molecule has 0 saturated heterocycles. The number of carboxylic acids is 1. The second-order valence-corrected chi connectivity index (χ2v) is 14.4. The molecule has 0 bridgehead atoms. The molecule has 0 aromatic rings. The Hall–Kier alpha value is -3.19. The first-order chi connectivity index (χ1) is 26.4. The highest BCUT2D eigenvalue weighted by atomic mass is 16.5. The molecule has 0 aliphatic heterocycles. The number of nitrogens with one attached hydrogen (secondary N) is 1. The van der Waals surface area contributed by atoms with Crippen LogP contribution in [-0.2, 0) is 19.1 Å². The quantitative estimate of drug-likeness (QED) is 0.0328. The molecule has 0 fully saturated rings. The average Bonchev–Trinajstić information content (AvgIpc) is 3.16. The van der Waals surface area contributed by atoms with Crippen molar-refractivity contribution in [1.82, 2.24) is 5.32 Å². The monoisotopic (exact) mass is 753 g/mol. The van der Waals surface area contributed by atoms with Crippen LogP contribution in [0.2, 0.25) is 0 Å². The van der Waals surface area contributed by atoms with Gasteiger partial charge in [-0.3, -0.25) is 9.59 Å². The summed E-state index contributed by atoms with van der Waals surface area (Å²) in [6.07, 6.45) is 52.5. The Kier molecular flexibility index (Phi) is 38.6. The van der Waals surface area contributed by atoms with Crippen LogP contribution in [0.5, 0.6) is 0 Å². The van der Waals surface area contributed by atoms with E-state index in [-0.39, 0.29) is 18.0 Å². The molecule has 54 heavy (non-hydrogen) atoms. The van der Waals surface area contributed by atoms with E-state index in [2.05, 4.69) is 92.1 Å². The number of aliphatic carboxylic acids is 1.